The highest BCUT2D eigenvalue weighted by molar-refractivity contribution is 8.01. The van der Waals surface area contributed by atoms with Crippen molar-refractivity contribution in [2.75, 3.05) is 28.2 Å². The molecule has 3 rings (SSSR count). The van der Waals surface area contributed by atoms with Gasteiger partial charge in [0.05, 0.1) is 11.3 Å². The third kappa shape index (κ3) is 6.69. The smallest absolute Gasteiger partial charge is 0.360 e. The van der Waals surface area contributed by atoms with Crippen LogP contribution in [0.2, 0.25) is 0 Å². The molecule has 0 aliphatic heterocycles. The van der Waals surface area contributed by atoms with Crippen molar-refractivity contribution in [2.24, 2.45) is 0 Å². The van der Waals surface area contributed by atoms with Crippen molar-refractivity contribution in [3.63, 3.8) is 0 Å². The van der Waals surface area contributed by atoms with Gasteiger partial charge in [0, 0.05) is 23.5 Å². The van der Waals surface area contributed by atoms with Gasteiger partial charge in [0.2, 0.25) is 11.0 Å². The molecule has 0 bridgehead atoms. The Bertz CT molecular complexity index is 1100. The van der Waals surface area contributed by atoms with Crippen molar-refractivity contribution in [2.45, 2.75) is 17.4 Å². The fraction of sp³-hybridized carbons (Fsp3) is 0.200. The third-order valence-electron chi connectivity index (χ3n) is 3.92. The molecule has 3 N–H and O–H groups in total. The summed E-state index contributed by atoms with van der Waals surface area (Å²) in [4.78, 5) is 24.7. The molecule has 168 valence electrons. The highest BCUT2D eigenvalue weighted by Crippen LogP contribution is 2.31. The molecule has 1 aromatic heterocycles. The zero-order valence-electron chi connectivity index (χ0n) is 16.7. The van der Waals surface area contributed by atoms with Gasteiger partial charge in [-0.2, -0.15) is 13.2 Å². The first kappa shape index (κ1) is 23.5. The predicted octanol–water partition coefficient (Wildman–Crippen LogP) is 4.97. The highest BCUT2D eigenvalue weighted by atomic mass is 32.2. The molecule has 2 amide bonds. The number of alkyl halides is 3. The van der Waals surface area contributed by atoms with Crippen LogP contribution in [0.5, 0.6) is 0 Å². The van der Waals surface area contributed by atoms with Gasteiger partial charge in [-0.05, 0) is 43.3 Å². The number of hydrogen-bond donors (Lipinski definition) is 3. The minimum atomic E-state index is -4.51. The van der Waals surface area contributed by atoms with E-state index in [1.165, 1.54) is 47.4 Å². The van der Waals surface area contributed by atoms with Crippen molar-refractivity contribution < 1.29 is 22.8 Å². The number of aromatic nitrogens is 2. The number of carbonyl (C=O) groups is 2. The number of hydrogen-bond acceptors (Lipinski definition) is 7. The van der Waals surface area contributed by atoms with Crippen molar-refractivity contribution >= 4 is 51.4 Å². The van der Waals surface area contributed by atoms with Crippen LogP contribution in [0, 0.1) is 0 Å². The van der Waals surface area contributed by atoms with Crippen molar-refractivity contribution in [1.82, 2.24) is 10.2 Å². The lowest BCUT2D eigenvalue weighted by Gasteiger charge is -2.11. The molecule has 12 heteroatoms. The molecule has 0 spiro atoms. The Morgan fingerprint density at radius 1 is 1.03 bits per heavy atom. The van der Waals surface area contributed by atoms with Crippen molar-refractivity contribution in [3.05, 3.63) is 59.7 Å². The lowest BCUT2D eigenvalue weighted by atomic mass is 10.1. The minimum Gasteiger partial charge on any atom is -0.360 e. The number of anilines is 3. The maximum absolute atomic E-state index is 12.8. The van der Waals surface area contributed by atoms with E-state index in [9.17, 15) is 22.8 Å². The van der Waals surface area contributed by atoms with Crippen LogP contribution in [0.1, 0.15) is 22.8 Å². The zero-order chi connectivity index (χ0) is 23.1. The second kappa shape index (κ2) is 10.5. The van der Waals surface area contributed by atoms with Crippen molar-refractivity contribution in [1.29, 1.82) is 0 Å². The average Bonchev–Trinajstić information content (AvgIpc) is 3.20. The molecule has 0 saturated heterocycles. The first-order valence-corrected chi connectivity index (χ1v) is 11.1. The van der Waals surface area contributed by atoms with Crippen LogP contribution in [-0.4, -0.2) is 34.3 Å². The number of halogens is 3. The number of nitrogens with one attached hydrogen (secondary N) is 3. The van der Waals surface area contributed by atoms with E-state index in [1.807, 2.05) is 6.92 Å². The number of carbonyl (C=O) groups excluding carboxylic acids is 2. The van der Waals surface area contributed by atoms with Gasteiger partial charge in [-0.15, -0.1) is 10.2 Å². The van der Waals surface area contributed by atoms with E-state index < -0.39 is 17.6 Å². The second-order valence-corrected chi connectivity index (χ2v) is 8.55. The number of amides is 2. The predicted molar refractivity (Wildman–Crippen MR) is 119 cm³/mol. The van der Waals surface area contributed by atoms with E-state index in [-0.39, 0.29) is 22.9 Å². The summed E-state index contributed by atoms with van der Waals surface area (Å²) in [5.74, 6) is -0.799. The Morgan fingerprint density at radius 3 is 2.47 bits per heavy atom. The topological polar surface area (TPSA) is 96.0 Å². The maximum Gasteiger partial charge on any atom is 0.416 e. The number of rotatable bonds is 8. The Hall–Kier alpha value is -3.12. The summed E-state index contributed by atoms with van der Waals surface area (Å²) in [6.45, 7) is 2.66. The van der Waals surface area contributed by atoms with Gasteiger partial charge in [-0.1, -0.05) is 35.2 Å². The number of benzene rings is 2. The normalized spacial score (nSPS) is 11.1. The lowest BCUT2D eigenvalue weighted by molar-refractivity contribution is -0.137. The minimum absolute atomic E-state index is 0.0182. The summed E-state index contributed by atoms with van der Waals surface area (Å²) in [5.41, 5.74) is -0.267. The molecule has 32 heavy (non-hydrogen) atoms. The van der Waals surface area contributed by atoms with Crippen LogP contribution in [0.4, 0.5) is 29.7 Å². The molecule has 7 nitrogen and oxygen atoms in total. The molecule has 0 saturated carbocycles. The Balaban J connectivity index is 1.58. The fourth-order valence-corrected chi connectivity index (χ4v) is 4.15. The van der Waals surface area contributed by atoms with E-state index in [4.69, 9.17) is 0 Å². The van der Waals surface area contributed by atoms with E-state index in [2.05, 4.69) is 26.1 Å². The molecule has 3 aromatic rings. The zero-order valence-corrected chi connectivity index (χ0v) is 18.3. The number of nitrogens with zero attached hydrogens (tertiary/aromatic N) is 2. The van der Waals surface area contributed by atoms with Gasteiger partial charge in [-0.25, -0.2) is 0 Å². The summed E-state index contributed by atoms with van der Waals surface area (Å²) >= 11 is 2.57. The molecule has 0 atom stereocenters. The van der Waals surface area contributed by atoms with Crippen LogP contribution < -0.4 is 16.0 Å². The number of thioether (sulfide) groups is 1. The SMILES string of the molecule is CCNc1nnc(SCC(=O)Nc2cccc(C(=O)Nc3cccc(C(F)(F)F)c3)c2)s1. The average molecular weight is 482 g/mol. The maximum atomic E-state index is 12.8. The molecule has 0 radical (unpaired) electrons. The Labute approximate surface area is 189 Å². The van der Waals surface area contributed by atoms with Crippen LogP contribution >= 0.6 is 23.1 Å². The first-order valence-electron chi connectivity index (χ1n) is 9.33. The quantitative estimate of drug-likeness (QED) is 0.393. The standard InChI is InChI=1S/C20H18F3N5O2S2/c1-2-24-18-27-28-19(32-18)31-11-16(29)25-14-7-3-5-12(9-14)17(30)26-15-8-4-6-13(10-15)20(21,22)23/h3-10H,2,11H2,1H3,(H,24,27)(H,25,29)(H,26,30). The summed E-state index contributed by atoms with van der Waals surface area (Å²) in [6.07, 6.45) is -4.51. The van der Waals surface area contributed by atoms with Crippen LogP contribution in [0.15, 0.2) is 52.9 Å². The largest absolute Gasteiger partial charge is 0.416 e. The summed E-state index contributed by atoms with van der Waals surface area (Å²) < 4.78 is 39.2. The molecule has 1 heterocycles. The van der Waals surface area contributed by atoms with Gasteiger partial charge in [0.1, 0.15) is 0 Å². The molecule has 0 fully saturated rings. The monoisotopic (exact) mass is 481 g/mol. The first-order chi connectivity index (χ1) is 15.2. The van der Waals surface area contributed by atoms with Crippen LogP contribution in [0.25, 0.3) is 0 Å². The lowest BCUT2D eigenvalue weighted by Crippen LogP contribution is -2.16. The van der Waals surface area contributed by atoms with E-state index in [0.717, 1.165) is 18.7 Å². The summed E-state index contributed by atoms with van der Waals surface area (Å²) in [5, 5.41) is 16.8. The van der Waals surface area contributed by atoms with Crippen molar-refractivity contribution in [3.8, 4) is 0 Å². The molecule has 0 unspecified atom stereocenters. The van der Waals surface area contributed by atoms with Gasteiger partial charge in [0.25, 0.3) is 5.91 Å². The van der Waals surface area contributed by atoms with Gasteiger partial charge in [0.15, 0.2) is 4.34 Å². The Morgan fingerprint density at radius 2 is 1.75 bits per heavy atom. The van der Waals surface area contributed by atoms with E-state index in [1.54, 1.807) is 12.1 Å². The third-order valence-corrected chi connectivity index (χ3v) is 5.93. The molecular formula is C20H18F3N5O2S2. The van der Waals surface area contributed by atoms with Gasteiger partial charge < -0.3 is 16.0 Å². The molecular weight excluding hydrogens is 463 g/mol. The molecule has 0 aliphatic rings. The second-order valence-electron chi connectivity index (χ2n) is 6.35. The van der Waals surface area contributed by atoms with Gasteiger partial charge >= 0.3 is 6.18 Å². The van der Waals surface area contributed by atoms with E-state index in [0.29, 0.717) is 15.2 Å². The molecule has 0 aliphatic carbocycles. The highest BCUT2D eigenvalue weighted by Gasteiger charge is 2.30. The van der Waals surface area contributed by atoms with E-state index >= 15 is 0 Å². The fourth-order valence-electron chi connectivity index (χ4n) is 2.53. The molecule has 2 aromatic carbocycles. The van der Waals surface area contributed by atoms with Gasteiger partial charge in [-0.3, -0.25) is 9.59 Å². The van der Waals surface area contributed by atoms with Crippen LogP contribution in [-0.2, 0) is 11.0 Å². The Kier molecular flexibility index (Phi) is 7.70. The summed E-state index contributed by atoms with van der Waals surface area (Å²) in [6, 6.07) is 10.5. The van der Waals surface area contributed by atoms with Crippen LogP contribution in [0.3, 0.4) is 0 Å². The summed E-state index contributed by atoms with van der Waals surface area (Å²) in [7, 11) is 0.